The number of halogens is 1. The fourth-order valence-corrected chi connectivity index (χ4v) is 4.27. The number of carbonyl (C=O) groups is 1. The van der Waals surface area contributed by atoms with Crippen LogP contribution < -0.4 is 10.6 Å². The number of hydrogen-bond donors (Lipinski definition) is 2. The smallest absolute Gasteiger partial charge is 0.241 e. The van der Waals surface area contributed by atoms with Gasteiger partial charge in [-0.05, 0) is 70.1 Å². The molecule has 1 aliphatic heterocycles. The lowest BCUT2D eigenvalue weighted by molar-refractivity contribution is -0.131. The summed E-state index contributed by atoms with van der Waals surface area (Å²) < 4.78 is 0. The van der Waals surface area contributed by atoms with E-state index in [1.54, 1.807) is 7.05 Å². The third-order valence-corrected chi connectivity index (χ3v) is 6.35. The molecule has 182 valence electrons. The van der Waals surface area contributed by atoms with Crippen molar-refractivity contribution in [2.24, 2.45) is 10.9 Å². The number of likely N-dealkylation sites (tertiary alicyclic amines) is 1. The highest BCUT2D eigenvalue weighted by molar-refractivity contribution is 14.0. The molecule has 1 aromatic carbocycles. The van der Waals surface area contributed by atoms with Crippen molar-refractivity contribution >= 4 is 35.8 Å². The van der Waals surface area contributed by atoms with Crippen molar-refractivity contribution in [1.82, 2.24) is 20.4 Å². The molecule has 1 atom stereocenters. The van der Waals surface area contributed by atoms with E-state index in [0.717, 1.165) is 64.8 Å². The van der Waals surface area contributed by atoms with E-state index in [0.29, 0.717) is 24.5 Å². The summed E-state index contributed by atoms with van der Waals surface area (Å²) in [5, 5.41) is 6.63. The van der Waals surface area contributed by atoms with Gasteiger partial charge in [0.05, 0.1) is 6.54 Å². The molecule has 2 N–H and O–H groups in total. The van der Waals surface area contributed by atoms with Crippen molar-refractivity contribution in [3.8, 4) is 0 Å². The predicted molar refractivity (Wildman–Crippen MR) is 146 cm³/mol. The topological polar surface area (TPSA) is 60.0 Å². The van der Waals surface area contributed by atoms with Gasteiger partial charge in [0.2, 0.25) is 5.91 Å². The van der Waals surface area contributed by atoms with Crippen molar-refractivity contribution < 1.29 is 4.79 Å². The van der Waals surface area contributed by atoms with E-state index in [9.17, 15) is 4.79 Å². The molecule has 0 bridgehead atoms. The summed E-state index contributed by atoms with van der Waals surface area (Å²) in [4.78, 5) is 21.4. The Balaban J connectivity index is 0.00000512. The Labute approximate surface area is 212 Å². The molecule has 0 spiro atoms. The normalized spacial score (nSPS) is 15.9. The van der Waals surface area contributed by atoms with Crippen molar-refractivity contribution in [1.29, 1.82) is 0 Å². The second kappa shape index (κ2) is 16.3. The van der Waals surface area contributed by atoms with Crippen LogP contribution in [0.5, 0.6) is 0 Å². The summed E-state index contributed by atoms with van der Waals surface area (Å²) in [6.07, 6.45) is 5.52. The first-order valence-corrected chi connectivity index (χ1v) is 12.1. The van der Waals surface area contributed by atoms with Crippen LogP contribution in [-0.4, -0.2) is 74.0 Å². The first-order valence-electron chi connectivity index (χ1n) is 12.1. The summed E-state index contributed by atoms with van der Waals surface area (Å²) in [6.45, 7) is 11.9. The highest BCUT2D eigenvalue weighted by Crippen LogP contribution is 2.21. The lowest BCUT2D eigenvalue weighted by Gasteiger charge is -2.32. The van der Waals surface area contributed by atoms with Gasteiger partial charge >= 0.3 is 0 Å². The third-order valence-electron chi connectivity index (χ3n) is 6.35. The second-order valence-electron chi connectivity index (χ2n) is 8.65. The van der Waals surface area contributed by atoms with Gasteiger partial charge in [0, 0.05) is 26.2 Å². The average molecular weight is 558 g/mol. The average Bonchev–Trinajstić information content (AvgIpc) is 2.80. The second-order valence-corrected chi connectivity index (χ2v) is 8.65. The standard InChI is InChI=1S/C25H43N5O.HI/c1-5-29(6-2)16-10-11-21(3)28-25(26-4)27-20-24(31)30-17-14-23(15-18-30)19-22-12-8-7-9-13-22;/h7-9,12-13,21,23H,5-6,10-11,14-20H2,1-4H3,(H2,26,27,28);1H. The van der Waals surface area contributed by atoms with Crippen LogP contribution in [0.3, 0.4) is 0 Å². The third kappa shape index (κ3) is 10.5. The van der Waals surface area contributed by atoms with Gasteiger partial charge in [0.1, 0.15) is 0 Å². The Kier molecular flexibility index (Phi) is 14.6. The van der Waals surface area contributed by atoms with Gasteiger partial charge in [-0.15, -0.1) is 24.0 Å². The number of benzene rings is 1. The number of nitrogens with one attached hydrogen (secondary N) is 2. The highest BCUT2D eigenvalue weighted by atomic mass is 127. The van der Waals surface area contributed by atoms with E-state index < -0.39 is 0 Å². The van der Waals surface area contributed by atoms with E-state index in [1.807, 2.05) is 4.90 Å². The maximum Gasteiger partial charge on any atom is 0.241 e. The predicted octanol–water partition coefficient (Wildman–Crippen LogP) is 3.76. The first kappa shape index (κ1) is 28.7. The molecule has 0 aliphatic carbocycles. The SMILES string of the molecule is CCN(CC)CCCC(C)NC(=NC)NCC(=O)N1CCC(Cc2ccccc2)CC1.I. The molecule has 6 nitrogen and oxygen atoms in total. The van der Waals surface area contributed by atoms with Crippen LogP contribution >= 0.6 is 24.0 Å². The number of rotatable bonds is 11. The quantitative estimate of drug-likeness (QED) is 0.247. The zero-order valence-electron chi connectivity index (χ0n) is 20.5. The number of aliphatic imine (C=N–C) groups is 1. The summed E-state index contributed by atoms with van der Waals surface area (Å²) in [7, 11) is 1.76. The highest BCUT2D eigenvalue weighted by Gasteiger charge is 2.23. The zero-order valence-corrected chi connectivity index (χ0v) is 22.8. The molecule has 2 rings (SSSR count). The molecule has 0 saturated carbocycles. The number of guanidine groups is 1. The fourth-order valence-electron chi connectivity index (χ4n) is 4.27. The number of nitrogens with zero attached hydrogens (tertiary/aromatic N) is 3. The van der Waals surface area contributed by atoms with Crippen LogP contribution in [0.2, 0.25) is 0 Å². The van der Waals surface area contributed by atoms with Gasteiger partial charge < -0.3 is 20.4 Å². The Morgan fingerprint density at radius 2 is 1.84 bits per heavy atom. The van der Waals surface area contributed by atoms with E-state index in [4.69, 9.17) is 0 Å². The Morgan fingerprint density at radius 3 is 2.44 bits per heavy atom. The lowest BCUT2D eigenvalue weighted by atomic mass is 9.90. The van der Waals surface area contributed by atoms with E-state index >= 15 is 0 Å². The maximum absolute atomic E-state index is 12.7. The fraction of sp³-hybridized carbons (Fsp3) is 0.680. The largest absolute Gasteiger partial charge is 0.354 e. The van der Waals surface area contributed by atoms with Crippen LogP contribution in [0.1, 0.15) is 52.0 Å². The lowest BCUT2D eigenvalue weighted by Crippen LogP contribution is -2.48. The van der Waals surface area contributed by atoms with Gasteiger partial charge in [0.15, 0.2) is 5.96 Å². The van der Waals surface area contributed by atoms with Crippen molar-refractivity contribution in [3.05, 3.63) is 35.9 Å². The molecule has 1 aliphatic rings. The van der Waals surface area contributed by atoms with E-state index in [-0.39, 0.29) is 29.9 Å². The van der Waals surface area contributed by atoms with E-state index in [1.165, 1.54) is 5.56 Å². The Hall–Kier alpha value is -1.35. The molecular weight excluding hydrogens is 513 g/mol. The molecular formula is C25H44IN5O. The van der Waals surface area contributed by atoms with Crippen molar-refractivity contribution in [2.45, 2.75) is 58.9 Å². The number of hydrogen-bond acceptors (Lipinski definition) is 3. The first-order chi connectivity index (χ1) is 15.0. The summed E-state index contributed by atoms with van der Waals surface area (Å²) in [5.41, 5.74) is 1.40. The van der Waals surface area contributed by atoms with Crippen molar-refractivity contribution in [3.63, 3.8) is 0 Å². The van der Waals surface area contributed by atoms with Crippen LogP contribution in [0, 0.1) is 5.92 Å². The molecule has 0 radical (unpaired) electrons. The molecule has 1 fully saturated rings. The molecule has 1 aromatic rings. The van der Waals surface area contributed by atoms with E-state index in [2.05, 4.69) is 71.6 Å². The monoisotopic (exact) mass is 557 g/mol. The molecule has 1 saturated heterocycles. The van der Waals surface area contributed by atoms with Gasteiger partial charge in [-0.3, -0.25) is 9.79 Å². The molecule has 7 heteroatoms. The van der Waals surface area contributed by atoms with Crippen LogP contribution in [0.15, 0.2) is 35.3 Å². The minimum atomic E-state index is 0. The molecule has 1 heterocycles. The van der Waals surface area contributed by atoms with Crippen LogP contribution in [0.4, 0.5) is 0 Å². The van der Waals surface area contributed by atoms with Crippen molar-refractivity contribution in [2.75, 3.05) is 46.3 Å². The van der Waals surface area contributed by atoms with Crippen LogP contribution in [-0.2, 0) is 11.2 Å². The summed E-state index contributed by atoms with van der Waals surface area (Å²) in [6, 6.07) is 11.0. The molecule has 0 aromatic heterocycles. The maximum atomic E-state index is 12.7. The molecule has 1 unspecified atom stereocenters. The number of piperidine rings is 1. The number of amides is 1. The minimum Gasteiger partial charge on any atom is -0.354 e. The van der Waals surface area contributed by atoms with Gasteiger partial charge in [-0.2, -0.15) is 0 Å². The van der Waals surface area contributed by atoms with Gasteiger partial charge in [0.25, 0.3) is 0 Å². The summed E-state index contributed by atoms with van der Waals surface area (Å²) in [5.74, 6) is 1.55. The van der Waals surface area contributed by atoms with Gasteiger partial charge in [-0.1, -0.05) is 44.2 Å². The minimum absolute atomic E-state index is 0. The summed E-state index contributed by atoms with van der Waals surface area (Å²) >= 11 is 0. The number of carbonyl (C=O) groups excluding carboxylic acids is 1. The van der Waals surface area contributed by atoms with Gasteiger partial charge in [-0.25, -0.2) is 0 Å². The van der Waals surface area contributed by atoms with Crippen LogP contribution in [0.25, 0.3) is 0 Å². The molecule has 32 heavy (non-hydrogen) atoms. The Bertz CT molecular complexity index is 658. The molecule has 1 amide bonds. The zero-order chi connectivity index (χ0) is 22.5. The Morgan fingerprint density at radius 1 is 1.19 bits per heavy atom.